The first-order chi connectivity index (χ1) is 12.7. The molecule has 1 fully saturated rings. The van der Waals surface area contributed by atoms with Crippen LogP contribution in [0.3, 0.4) is 0 Å². The number of aliphatic imine (C=N–C) groups is 1. The number of aromatic nitrogens is 1. The average Bonchev–Trinajstić information content (AvgIpc) is 3.09. The van der Waals surface area contributed by atoms with E-state index in [0.29, 0.717) is 12.1 Å². The molecule has 6 nitrogen and oxygen atoms in total. The van der Waals surface area contributed by atoms with Gasteiger partial charge in [-0.3, -0.25) is 0 Å². The van der Waals surface area contributed by atoms with Crippen LogP contribution in [0, 0.1) is 6.92 Å². The number of pyridine rings is 1. The number of nitrogens with one attached hydrogen (secondary N) is 2. The van der Waals surface area contributed by atoms with Gasteiger partial charge < -0.3 is 15.4 Å². The number of amidine groups is 1. The molecule has 1 unspecified atom stereocenters. The molecule has 0 spiro atoms. The largest absolute Gasteiger partial charge is 0.387 e. The maximum atomic E-state index is 5.45. The van der Waals surface area contributed by atoms with Crippen molar-refractivity contribution in [2.45, 2.75) is 58.5 Å². The van der Waals surface area contributed by atoms with Crippen LogP contribution in [0.1, 0.15) is 50.7 Å². The summed E-state index contributed by atoms with van der Waals surface area (Å²) in [5.74, 6) is 1.68. The Labute approximate surface area is 155 Å². The van der Waals surface area contributed by atoms with Gasteiger partial charge in [-0.15, -0.1) is 0 Å². The van der Waals surface area contributed by atoms with Gasteiger partial charge in [0, 0.05) is 38.0 Å². The van der Waals surface area contributed by atoms with Gasteiger partial charge in [-0.05, 0) is 49.2 Å². The normalized spacial score (nSPS) is 18.6. The molecular formula is C20H30N5O+. The molecule has 0 bridgehead atoms. The molecular weight excluding hydrogens is 326 g/mol. The van der Waals surface area contributed by atoms with E-state index in [9.17, 15) is 0 Å². The third-order valence-corrected chi connectivity index (χ3v) is 4.93. The molecule has 1 aromatic rings. The van der Waals surface area contributed by atoms with E-state index in [2.05, 4.69) is 45.2 Å². The third kappa shape index (κ3) is 5.01. The smallest absolute Gasteiger partial charge is 0.381 e. The molecule has 2 aliphatic heterocycles. The molecule has 6 heteroatoms. The minimum atomic E-state index is 0.514. The Morgan fingerprint density at radius 3 is 2.81 bits per heavy atom. The SMILES string of the molecule is CCC(CCNc1ncc(C)cc1C1=[N+]=C(C)N=C1)NC1CCOCC1. The summed E-state index contributed by atoms with van der Waals surface area (Å²) in [6.45, 7) is 8.84. The lowest BCUT2D eigenvalue weighted by Crippen LogP contribution is -2.42. The number of aryl methyl sites for hydroxylation is 1. The number of anilines is 1. The molecule has 2 N–H and O–H groups in total. The van der Waals surface area contributed by atoms with Crippen molar-refractivity contribution < 1.29 is 4.74 Å². The lowest BCUT2D eigenvalue weighted by Gasteiger charge is -2.28. The molecule has 1 aromatic heterocycles. The van der Waals surface area contributed by atoms with Gasteiger partial charge in [0.1, 0.15) is 5.82 Å². The predicted octanol–water partition coefficient (Wildman–Crippen LogP) is 2.10. The summed E-state index contributed by atoms with van der Waals surface area (Å²) in [7, 11) is 0. The van der Waals surface area contributed by atoms with Gasteiger partial charge in [0.2, 0.25) is 6.21 Å². The highest BCUT2D eigenvalue weighted by Gasteiger charge is 2.21. The van der Waals surface area contributed by atoms with E-state index < -0.39 is 0 Å². The van der Waals surface area contributed by atoms with Gasteiger partial charge in [0.25, 0.3) is 5.71 Å². The maximum Gasteiger partial charge on any atom is 0.387 e. The zero-order chi connectivity index (χ0) is 18.4. The van der Waals surface area contributed by atoms with E-state index in [1.807, 2.05) is 19.3 Å². The predicted molar refractivity (Wildman–Crippen MR) is 109 cm³/mol. The molecule has 1 saturated heterocycles. The maximum absolute atomic E-state index is 5.45. The van der Waals surface area contributed by atoms with E-state index in [1.54, 1.807) is 0 Å². The fourth-order valence-electron chi connectivity index (χ4n) is 3.39. The average molecular weight is 356 g/mol. The van der Waals surface area contributed by atoms with E-state index in [1.165, 1.54) is 0 Å². The van der Waals surface area contributed by atoms with Crippen LogP contribution in [0.25, 0.3) is 0 Å². The first-order valence-electron chi connectivity index (χ1n) is 9.66. The summed E-state index contributed by atoms with van der Waals surface area (Å²) in [6, 6.07) is 3.22. The highest BCUT2D eigenvalue weighted by Crippen LogP contribution is 2.15. The second-order valence-corrected chi connectivity index (χ2v) is 7.09. The van der Waals surface area contributed by atoms with Crippen LogP contribution in [-0.2, 0) is 4.74 Å². The van der Waals surface area contributed by atoms with Crippen LogP contribution in [0.15, 0.2) is 17.3 Å². The molecule has 2 aliphatic rings. The Bertz CT molecular complexity index is 715. The summed E-state index contributed by atoms with van der Waals surface area (Å²) >= 11 is 0. The van der Waals surface area contributed by atoms with E-state index in [-0.39, 0.29) is 0 Å². The molecule has 26 heavy (non-hydrogen) atoms. The molecule has 3 rings (SSSR count). The van der Waals surface area contributed by atoms with Crippen LogP contribution in [0.2, 0.25) is 0 Å². The van der Waals surface area contributed by atoms with Gasteiger partial charge in [-0.25, -0.2) is 4.98 Å². The number of rotatable bonds is 8. The lowest BCUT2D eigenvalue weighted by molar-refractivity contribution is 0.0745. The van der Waals surface area contributed by atoms with E-state index in [0.717, 1.165) is 73.9 Å². The van der Waals surface area contributed by atoms with E-state index >= 15 is 0 Å². The van der Waals surface area contributed by atoms with Crippen molar-refractivity contribution in [3.05, 3.63) is 23.4 Å². The van der Waals surface area contributed by atoms with Crippen LogP contribution in [0.4, 0.5) is 5.82 Å². The molecule has 3 heterocycles. The first kappa shape index (κ1) is 18.8. The van der Waals surface area contributed by atoms with E-state index in [4.69, 9.17) is 4.74 Å². The summed E-state index contributed by atoms with van der Waals surface area (Å²) in [4.78, 5) is 8.85. The molecule has 0 radical (unpaired) electrons. The zero-order valence-electron chi connectivity index (χ0n) is 16.1. The first-order valence-corrected chi connectivity index (χ1v) is 9.66. The molecule has 0 saturated carbocycles. The summed E-state index contributed by atoms with van der Waals surface area (Å²) in [5, 5.41) is 7.29. The Hall–Kier alpha value is -2.01. The molecule has 0 aromatic carbocycles. The highest BCUT2D eigenvalue weighted by atomic mass is 16.5. The van der Waals surface area contributed by atoms with Crippen LogP contribution < -0.4 is 15.3 Å². The Morgan fingerprint density at radius 2 is 2.12 bits per heavy atom. The monoisotopic (exact) mass is 356 g/mol. The van der Waals surface area contributed by atoms with Crippen molar-refractivity contribution in [3.8, 4) is 0 Å². The van der Waals surface area contributed by atoms with Gasteiger partial charge in [0.15, 0.2) is 0 Å². The molecule has 140 valence electrons. The van der Waals surface area contributed by atoms with Crippen molar-refractivity contribution in [1.82, 2.24) is 15.0 Å². The summed E-state index contributed by atoms with van der Waals surface area (Å²) in [5.41, 5.74) is 3.03. The molecule has 0 aliphatic carbocycles. The Morgan fingerprint density at radius 1 is 1.31 bits per heavy atom. The molecule has 1 atom stereocenters. The minimum Gasteiger partial charge on any atom is -0.381 e. The van der Waals surface area contributed by atoms with Gasteiger partial charge >= 0.3 is 5.84 Å². The van der Waals surface area contributed by atoms with Gasteiger partial charge in [-0.2, -0.15) is 4.67 Å². The number of ether oxygens (including phenoxy) is 1. The van der Waals surface area contributed by atoms with Crippen LogP contribution >= 0.6 is 0 Å². The number of hydrogen-bond acceptors (Lipinski definition) is 5. The standard InChI is InChI=1S/C20H29N5O/c1-4-16(25-17-6-9-26-10-7-17)5-8-21-20-18(11-14(2)12-23-20)19-13-22-15(3)24-19/h11-13,16-17,25H,4-10H2,1-3H3/p+1. The number of hydrogen-bond donors (Lipinski definition) is 2. The Kier molecular flexibility index (Phi) is 6.56. The summed E-state index contributed by atoms with van der Waals surface area (Å²) < 4.78 is 9.95. The van der Waals surface area contributed by atoms with Crippen molar-refractivity contribution >= 4 is 23.6 Å². The van der Waals surface area contributed by atoms with Gasteiger partial charge in [-0.1, -0.05) is 6.92 Å². The fraction of sp³-hybridized carbons (Fsp3) is 0.600. The van der Waals surface area contributed by atoms with Crippen molar-refractivity contribution in [2.75, 3.05) is 25.1 Å². The zero-order valence-corrected chi connectivity index (χ0v) is 16.1. The van der Waals surface area contributed by atoms with Crippen molar-refractivity contribution in [3.63, 3.8) is 0 Å². The summed E-state index contributed by atoms with van der Waals surface area (Å²) in [6.07, 6.45) is 8.13. The van der Waals surface area contributed by atoms with Crippen molar-refractivity contribution in [1.29, 1.82) is 0 Å². The minimum absolute atomic E-state index is 0.514. The topological polar surface area (TPSA) is 72.6 Å². The van der Waals surface area contributed by atoms with Crippen LogP contribution in [-0.4, -0.2) is 54.6 Å². The highest BCUT2D eigenvalue weighted by molar-refractivity contribution is 6.42. The van der Waals surface area contributed by atoms with Crippen molar-refractivity contribution in [2.24, 2.45) is 4.99 Å². The number of nitrogens with zero attached hydrogens (tertiary/aromatic N) is 3. The van der Waals surface area contributed by atoms with Gasteiger partial charge in [0.05, 0.1) is 12.5 Å². The Balaban J connectivity index is 1.59. The third-order valence-electron chi connectivity index (χ3n) is 4.93. The molecule has 0 amide bonds. The lowest BCUT2D eigenvalue weighted by atomic mass is 10.0. The van der Waals surface area contributed by atoms with Crippen LogP contribution in [0.5, 0.6) is 0 Å². The quantitative estimate of drug-likeness (QED) is 0.700. The second-order valence-electron chi connectivity index (χ2n) is 7.09. The second kappa shape index (κ2) is 9.08. The fourth-order valence-corrected chi connectivity index (χ4v) is 3.39.